The summed E-state index contributed by atoms with van der Waals surface area (Å²) in [5.41, 5.74) is 5.58. The Kier molecular flexibility index (Phi) is 4.13. The Labute approximate surface area is 132 Å². The maximum Gasteiger partial charge on any atom is 0.262 e. The van der Waals surface area contributed by atoms with Gasteiger partial charge < -0.3 is 20.5 Å². The van der Waals surface area contributed by atoms with Crippen LogP contribution in [0.3, 0.4) is 0 Å². The molecule has 1 amide bonds. The highest BCUT2D eigenvalue weighted by Crippen LogP contribution is 2.41. The van der Waals surface area contributed by atoms with E-state index in [1.54, 1.807) is 12.1 Å². The fourth-order valence-electron chi connectivity index (χ4n) is 3.92. The number of hydrogen-bond acceptors (Lipinski definition) is 4. The summed E-state index contributed by atoms with van der Waals surface area (Å²) in [6.07, 6.45) is 1.44. The maximum atomic E-state index is 13.2. The fourth-order valence-corrected chi connectivity index (χ4v) is 3.92. The summed E-state index contributed by atoms with van der Waals surface area (Å²) < 4.78 is 5.26. The largest absolute Gasteiger partial charge is 0.507 e. The summed E-state index contributed by atoms with van der Waals surface area (Å²) >= 11 is 0. The molecule has 122 valence electrons. The molecule has 0 atom stereocenters. The highest BCUT2D eigenvalue weighted by atomic mass is 16.5. The number of ether oxygens (including phenoxy) is 1. The quantitative estimate of drug-likeness (QED) is 0.880. The number of likely N-dealkylation sites (tertiary alicyclic amines) is 1. The van der Waals surface area contributed by atoms with Crippen LogP contribution < -0.4 is 10.5 Å². The van der Waals surface area contributed by atoms with Gasteiger partial charge in [-0.2, -0.15) is 0 Å². The number of nitrogens with zero attached hydrogens (tertiary/aromatic N) is 1. The normalized spacial score (nSPS) is 20.7. The number of carbonyl (C=O) groups excluding carboxylic acids is 1. The topological polar surface area (TPSA) is 75.8 Å². The molecule has 1 heterocycles. The summed E-state index contributed by atoms with van der Waals surface area (Å²) in [6.45, 7) is 8.05. The molecule has 0 bridgehead atoms. The molecule has 3 N–H and O–H groups in total. The molecule has 0 spiro atoms. The molecular weight excluding hydrogens is 280 g/mol. The number of carbonyl (C=O) groups is 1. The van der Waals surface area contributed by atoms with Gasteiger partial charge in [-0.15, -0.1) is 0 Å². The van der Waals surface area contributed by atoms with Gasteiger partial charge in [-0.05, 0) is 52.7 Å². The van der Waals surface area contributed by atoms with Gasteiger partial charge in [0.05, 0.1) is 7.11 Å². The van der Waals surface area contributed by atoms with Crippen LogP contribution in [0.5, 0.6) is 11.5 Å². The van der Waals surface area contributed by atoms with E-state index in [1.807, 2.05) is 32.6 Å². The minimum Gasteiger partial charge on any atom is -0.507 e. The molecular formula is C17H26N2O3. The summed E-state index contributed by atoms with van der Waals surface area (Å²) in [6, 6.07) is 4.90. The van der Waals surface area contributed by atoms with E-state index in [0.717, 1.165) is 12.8 Å². The Morgan fingerprint density at radius 2 is 1.82 bits per heavy atom. The van der Waals surface area contributed by atoms with Crippen molar-refractivity contribution >= 4 is 5.91 Å². The number of aromatic hydroxyl groups is 1. The Balaban J connectivity index is 2.52. The number of rotatable bonds is 2. The highest BCUT2D eigenvalue weighted by Gasteiger charge is 2.48. The van der Waals surface area contributed by atoms with Crippen LogP contribution in [0.2, 0.25) is 0 Å². The number of phenols is 1. The molecule has 2 rings (SSSR count). The second kappa shape index (κ2) is 5.47. The molecule has 1 aliphatic heterocycles. The van der Waals surface area contributed by atoms with Crippen LogP contribution in [0, 0.1) is 0 Å². The van der Waals surface area contributed by atoms with E-state index in [0.29, 0.717) is 5.75 Å². The van der Waals surface area contributed by atoms with Gasteiger partial charge in [0.15, 0.2) is 0 Å². The van der Waals surface area contributed by atoms with Gasteiger partial charge in [0.25, 0.3) is 5.91 Å². The first-order chi connectivity index (χ1) is 10.1. The van der Waals surface area contributed by atoms with Crippen LogP contribution in [0.4, 0.5) is 0 Å². The van der Waals surface area contributed by atoms with E-state index in [4.69, 9.17) is 10.5 Å². The van der Waals surface area contributed by atoms with Gasteiger partial charge in [-0.1, -0.05) is 6.07 Å². The minimum atomic E-state index is -0.397. The second-order valence-corrected chi connectivity index (χ2v) is 7.29. The molecule has 0 radical (unpaired) electrons. The lowest BCUT2D eigenvalue weighted by atomic mass is 9.76. The van der Waals surface area contributed by atoms with Crippen molar-refractivity contribution in [2.24, 2.45) is 5.73 Å². The van der Waals surface area contributed by atoms with E-state index in [-0.39, 0.29) is 23.3 Å². The van der Waals surface area contributed by atoms with Crippen LogP contribution in [0.1, 0.15) is 50.9 Å². The number of piperidine rings is 1. The molecule has 5 heteroatoms. The van der Waals surface area contributed by atoms with Gasteiger partial charge in [-0.25, -0.2) is 0 Å². The average Bonchev–Trinajstić information content (AvgIpc) is 2.34. The van der Waals surface area contributed by atoms with Crippen LogP contribution in [0.15, 0.2) is 18.2 Å². The van der Waals surface area contributed by atoms with E-state index in [9.17, 15) is 9.90 Å². The van der Waals surface area contributed by atoms with Crippen molar-refractivity contribution in [1.29, 1.82) is 0 Å². The zero-order chi connectivity index (χ0) is 16.7. The predicted octanol–water partition coefficient (Wildman–Crippen LogP) is 2.52. The molecule has 0 aliphatic carbocycles. The molecule has 0 saturated carbocycles. The standard InChI is InChI=1S/C17H26N2O3/c1-16(2)9-11(18)10-17(3,4)19(16)15(21)14-12(20)7-6-8-13(14)22-5/h6-8,11,20H,9-10,18H2,1-5H3. The number of hydrogen-bond donors (Lipinski definition) is 2. The number of amides is 1. The molecule has 1 aromatic carbocycles. The first-order valence-corrected chi connectivity index (χ1v) is 7.56. The van der Waals surface area contributed by atoms with E-state index in [2.05, 4.69) is 0 Å². The maximum absolute atomic E-state index is 13.2. The molecule has 1 saturated heterocycles. The monoisotopic (exact) mass is 306 g/mol. The fraction of sp³-hybridized carbons (Fsp3) is 0.588. The Bertz CT molecular complexity index is 563. The van der Waals surface area contributed by atoms with E-state index in [1.165, 1.54) is 13.2 Å². The zero-order valence-corrected chi connectivity index (χ0v) is 14.0. The SMILES string of the molecule is COc1cccc(O)c1C(=O)N1C(C)(C)CC(N)CC1(C)C. The van der Waals surface area contributed by atoms with Crippen molar-refractivity contribution in [1.82, 2.24) is 4.90 Å². The van der Waals surface area contributed by atoms with Crippen molar-refractivity contribution in [3.8, 4) is 11.5 Å². The van der Waals surface area contributed by atoms with Crippen molar-refractivity contribution < 1.29 is 14.6 Å². The molecule has 1 aliphatic rings. The number of methoxy groups -OCH3 is 1. The second-order valence-electron chi connectivity index (χ2n) is 7.29. The molecule has 1 aromatic rings. The highest BCUT2D eigenvalue weighted by molar-refractivity contribution is 6.00. The van der Waals surface area contributed by atoms with Crippen molar-refractivity contribution in [3.63, 3.8) is 0 Å². The first-order valence-electron chi connectivity index (χ1n) is 7.56. The first kappa shape index (κ1) is 16.6. The summed E-state index contributed by atoms with van der Waals surface area (Å²) in [4.78, 5) is 15.0. The predicted molar refractivity (Wildman–Crippen MR) is 86.2 cm³/mol. The Morgan fingerprint density at radius 3 is 2.32 bits per heavy atom. The molecule has 0 unspecified atom stereocenters. The third-order valence-corrected chi connectivity index (χ3v) is 4.38. The molecule has 0 aromatic heterocycles. The zero-order valence-electron chi connectivity index (χ0n) is 14.0. The van der Waals surface area contributed by atoms with Crippen molar-refractivity contribution in [3.05, 3.63) is 23.8 Å². The average molecular weight is 306 g/mol. The molecule has 22 heavy (non-hydrogen) atoms. The Hall–Kier alpha value is -1.75. The van der Waals surface area contributed by atoms with Crippen LogP contribution in [-0.4, -0.2) is 40.1 Å². The van der Waals surface area contributed by atoms with Gasteiger partial charge in [0, 0.05) is 17.1 Å². The minimum absolute atomic E-state index is 0.0558. The van der Waals surface area contributed by atoms with E-state index >= 15 is 0 Å². The number of nitrogens with two attached hydrogens (primary N) is 1. The van der Waals surface area contributed by atoms with Gasteiger partial charge in [0.1, 0.15) is 17.1 Å². The molecule has 5 nitrogen and oxygen atoms in total. The molecule has 1 fully saturated rings. The third-order valence-electron chi connectivity index (χ3n) is 4.38. The lowest BCUT2D eigenvalue weighted by molar-refractivity contribution is -0.0175. The lowest BCUT2D eigenvalue weighted by Crippen LogP contribution is -2.65. The number of phenolic OH excluding ortho intramolecular Hbond substituents is 1. The summed E-state index contributed by atoms with van der Waals surface area (Å²) in [7, 11) is 1.49. The number of benzene rings is 1. The van der Waals surface area contributed by atoms with Crippen LogP contribution >= 0.6 is 0 Å². The van der Waals surface area contributed by atoms with Crippen molar-refractivity contribution in [2.75, 3.05) is 7.11 Å². The third kappa shape index (κ3) is 2.77. The van der Waals surface area contributed by atoms with Crippen LogP contribution in [-0.2, 0) is 0 Å². The van der Waals surface area contributed by atoms with E-state index < -0.39 is 11.1 Å². The van der Waals surface area contributed by atoms with Gasteiger partial charge in [-0.3, -0.25) is 4.79 Å². The summed E-state index contributed by atoms with van der Waals surface area (Å²) in [5.74, 6) is 0.0918. The van der Waals surface area contributed by atoms with Gasteiger partial charge >= 0.3 is 0 Å². The van der Waals surface area contributed by atoms with Crippen molar-refractivity contribution in [2.45, 2.75) is 57.7 Å². The van der Waals surface area contributed by atoms with Gasteiger partial charge in [0.2, 0.25) is 0 Å². The summed E-state index contributed by atoms with van der Waals surface area (Å²) in [5, 5.41) is 10.2. The smallest absolute Gasteiger partial charge is 0.262 e. The Morgan fingerprint density at radius 1 is 1.27 bits per heavy atom. The van der Waals surface area contributed by atoms with Crippen LogP contribution in [0.25, 0.3) is 0 Å². The lowest BCUT2D eigenvalue weighted by Gasteiger charge is -2.54.